The van der Waals surface area contributed by atoms with E-state index < -0.39 is 0 Å². The number of rotatable bonds is 5. The van der Waals surface area contributed by atoms with Gasteiger partial charge in [-0.2, -0.15) is 0 Å². The molecule has 1 aromatic rings. The molecule has 0 bridgehead atoms. The quantitative estimate of drug-likeness (QED) is 0.867. The van der Waals surface area contributed by atoms with Gasteiger partial charge in [-0.1, -0.05) is 32.4 Å². The topological polar surface area (TPSA) is 35.2 Å². The number of benzene rings is 1. The molecule has 0 saturated heterocycles. The van der Waals surface area contributed by atoms with E-state index in [1.807, 2.05) is 26.0 Å². The molecule has 2 N–H and O–H groups in total. The molecule has 0 aliphatic heterocycles. The van der Waals surface area contributed by atoms with Crippen LogP contribution in [0, 0.1) is 5.92 Å². The maximum atomic E-state index is 6.16. The van der Waals surface area contributed by atoms with Crippen LogP contribution in [0.5, 0.6) is 5.75 Å². The lowest BCUT2D eigenvalue weighted by atomic mass is 9.93. The Hall–Kier alpha value is -0.730. The molecule has 1 unspecified atom stereocenters. The zero-order chi connectivity index (χ0) is 12.1. The Morgan fingerprint density at radius 3 is 2.06 bits per heavy atom. The summed E-state index contributed by atoms with van der Waals surface area (Å²) in [5.41, 5.74) is 7.35. The summed E-state index contributed by atoms with van der Waals surface area (Å²) in [6.07, 6.45) is 1.32. The Balaban J connectivity index is 0.00000256. The molecule has 3 heteroatoms. The number of halogens is 1. The van der Waals surface area contributed by atoms with Crippen molar-refractivity contribution in [3.8, 4) is 5.75 Å². The summed E-state index contributed by atoms with van der Waals surface area (Å²) in [7, 11) is 0. The molecule has 1 aromatic carbocycles. The van der Waals surface area contributed by atoms with Gasteiger partial charge >= 0.3 is 0 Å². The average Bonchev–Trinajstić information content (AvgIpc) is 2.27. The first-order valence-electron chi connectivity index (χ1n) is 6.06. The zero-order valence-electron chi connectivity index (χ0n) is 11.1. The van der Waals surface area contributed by atoms with Gasteiger partial charge in [0.15, 0.2) is 0 Å². The highest BCUT2D eigenvalue weighted by atomic mass is 35.5. The Labute approximate surface area is 111 Å². The maximum absolute atomic E-state index is 6.16. The van der Waals surface area contributed by atoms with Gasteiger partial charge in [0.2, 0.25) is 0 Å². The SMILES string of the molecule is CCC(C)[C@@H](N)c1ccc(OC(C)C)cc1.Cl. The van der Waals surface area contributed by atoms with E-state index >= 15 is 0 Å². The fraction of sp³-hybridized carbons (Fsp3) is 0.571. The second-order valence-electron chi connectivity index (χ2n) is 4.65. The highest BCUT2D eigenvalue weighted by Crippen LogP contribution is 2.24. The third kappa shape index (κ3) is 4.97. The van der Waals surface area contributed by atoms with Gasteiger partial charge in [0.05, 0.1) is 6.10 Å². The van der Waals surface area contributed by atoms with Crippen molar-refractivity contribution in [3.05, 3.63) is 29.8 Å². The minimum absolute atomic E-state index is 0. The predicted molar refractivity (Wildman–Crippen MR) is 75.8 cm³/mol. The van der Waals surface area contributed by atoms with Gasteiger partial charge in [0.1, 0.15) is 5.75 Å². The molecule has 0 saturated carbocycles. The Bertz CT molecular complexity index is 311. The maximum Gasteiger partial charge on any atom is 0.119 e. The minimum Gasteiger partial charge on any atom is -0.491 e. The molecular weight excluding hydrogens is 234 g/mol. The van der Waals surface area contributed by atoms with Crippen LogP contribution in [0.4, 0.5) is 0 Å². The van der Waals surface area contributed by atoms with Crippen LogP contribution < -0.4 is 10.5 Å². The highest BCUT2D eigenvalue weighted by Gasteiger charge is 2.12. The van der Waals surface area contributed by atoms with Crippen LogP contribution in [-0.2, 0) is 0 Å². The van der Waals surface area contributed by atoms with Gasteiger partial charge in [-0.05, 0) is 37.5 Å². The van der Waals surface area contributed by atoms with Crippen molar-refractivity contribution in [1.82, 2.24) is 0 Å². The summed E-state index contributed by atoms with van der Waals surface area (Å²) in [5.74, 6) is 1.42. The van der Waals surface area contributed by atoms with Gasteiger partial charge in [0.25, 0.3) is 0 Å². The van der Waals surface area contributed by atoms with Crippen molar-refractivity contribution >= 4 is 12.4 Å². The average molecular weight is 258 g/mol. The van der Waals surface area contributed by atoms with Gasteiger partial charge in [-0.15, -0.1) is 12.4 Å². The van der Waals surface area contributed by atoms with E-state index in [-0.39, 0.29) is 24.6 Å². The fourth-order valence-electron chi connectivity index (χ4n) is 1.62. The van der Waals surface area contributed by atoms with Crippen LogP contribution in [0.15, 0.2) is 24.3 Å². The largest absolute Gasteiger partial charge is 0.491 e. The molecule has 0 aliphatic rings. The Morgan fingerprint density at radius 1 is 1.12 bits per heavy atom. The molecule has 0 aliphatic carbocycles. The first-order valence-corrected chi connectivity index (χ1v) is 6.06. The molecular formula is C14H24ClNO. The smallest absolute Gasteiger partial charge is 0.119 e. The number of hydrogen-bond acceptors (Lipinski definition) is 2. The lowest BCUT2D eigenvalue weighted by Gasteiger charge is -2.19. The lowest BCUT2D eigenvalue weighted by molar-refractivity contribution is 0.242. The van der Waals surface area contributed by atoms with Crippen molar-refractivity contribution in [2.45, 2.75) is 46.3 Å². The predicted octanol–water partition coefficient (Wildman–Crippen LogP) is 3.94. The summed E-state index contributed by atoms with van der Waals surface area (Å²) in [6.45, 7) is 8.40. The highest BCUT2D eigenvalue weighted by molar-refractivity contribution is 5.85. The third-order valence-electron chi connectivity index (χ3n) is 2.89. The zero-order valence-corrected chi connectivity index (χ0v) is 12.0. The van der Waals surface area contributed by atoms with Crippen LogP contribution in [0.1, 0.15) is 45.7 Å². The summed E-state index contributed by atoms with van der Waals surface area (Å²) in [6, 6.07) is 8.25. The molecule has 0 fully saturated rings. The molecule has 2 nitrogen and oxygen atoms in total. The third-order valence-corrected chi connectivity index (χ3v) is 2.89. The second kappa shape index (κ2) is 7.57. The Kier molecular flexibility index (Phi) is 7.24. The van der Waals surface area contributed by atoms with Crippen LogP contribution in [0.3, 0.4) is 0 Å². The molecule has 1 rings (SSSR count). The minimum atomic E-state index is 0. The molecule has 0 radical (unpaired) electrons. The summed E-state index contributed by atoms with van der Waals surface area (Å²) < 4.78 is 5.59. The molecule has 0 amide bonds. The number of ether oxygens (including phenoxy) is 1. The van der Waals surface area contributed by atoms with Crippen LogP contribution in [-0.4, -0.2) is 6.10 Å². The van der Waals surface area contributed by atoms with E-state index in [0.29, 0.717) is 5.92 Å². The van der Waals surface area contributed by atoms with E-state index in [1.54, 1.807) is 0 Å². The van der Waals surface area contributed by atoms with Crippen molar-refractivity contribution in [2.75, 3.05) is 0 Å². The van der Waals surface area contributed by atoms with Gasteiger partial charge in [-0.25, -0.2) is 0 Å². The van der Waals surface area contributed by atoms with Crippen molar-refractivity contribution in [3.63, 3.8) is 0 Å². The summed E-state index contributed by atoms with van der Waals surface area (Å²) in [4.78, 5) is 0. The van der Waals surface area contributed by atoms with Gasteiger partial charge in [0, 0.05) is 6.04 Å². The number of nitrogens with two attached hydrogens (primary N) is 1. The van der Waals surface area contributed by atoms with E-state index in [1.165, 1.54) is 5.56 Å². The molecule has 0 heterocycles. The van der Waals surface area contributed by atoms with E-state index in [4.69, 9.17) is 10.5 Å². The normalized spacial score (nSPS) is 14.0. The van der Waals surface area contributed by atoms with Crippen molar-refractivity contribution < 1.29 is 4.74 Å². The van der Waals surface area contributed by atoms with Crippen LogP contribution in [0.2, 0.25) is 0 Å². The van der Waals surface area contributed by atoms with Gasteiger partial charge in [-0.3, -0.25) is 0 Å². The monoisotopic (exact) mass is 257 g/mol. The van der Waals surface area contributed by atoms with Crippen molar-refractivity contribution in [1.29, 1.82) is 0 Å². The van der Waals surface area contributed by atoms with E-state index in [2.05, 4.69) is 26.0 Å². The first kappa shape index (κ1) is 16.3. The second-order valence-corrected chi connectivity index (χ2v) is 4.65. The van der Waals surface area contributed by atoms with Crippen molar-refractivity contribution in [2.24, 2.45) is 11.7 Å². The molecule has 17 heavy (non-hydrogen) atoms. The summed E-state index contributed by atoms with van der Waals surface area (Å²) in [5, 5.41) is 0. The molecule has 0 spiro atoms. The van der Waals surface area contributed by atoms with Gasteiger partial charge < -0.3 is 10.5 Å². The lowest BCUT2D eigenvalue weighted by Crippen LogP contribution is -2.18. The van der Waals surface area contributed by atoms with Crippen LogP contribution in [0.25, 0.3) is 0 Å². The standard InChI is InChI=1S/C14H23NO.ClH/c1-5-11(4)14(15)12-6-8-13(9-7-12)16-10(2)3;/h6-11,14H,5,15H2,1-4H3;1H/t11?,14-;/m1./s1. The Morgan fingerprint density at radius 2 is 1.65 bits per heavy atom. The molecule has 0 aromatic heterocycles. The molecule has 2 atom stereocenters. The van der Waals surface area contributed by atoms with Crippen LogP contribution >= 0.6 is 12.4 Å². The molecule has 98 valence electrons. The first-order chi connectivity index (χ1) is 7.54. The summed E-state index contributed by atoms with van der Waals surface area (Å²) >= 11 is 0. The fourth-order valence-corrected chi connectivity index (χ4v) is 1.62. The van der Waals surface area contributed by atoms with E-state index in [0.717, 1.165) is 12.2 Å². The number of hydrogen-bond donors (Lipinski definition) is 1. The van der Waals surface area contributed by atoms with E-state index in [9.17, 15) is 0 Å².